The first-order chi connectivity index (χ1) is 9.69. The van der Waals surface area contributed by atoms with E-state index in [1.54, 1.807) is 0 Å². The normalized spacial score (nSPS) is 22.1. The second-order valence-electron chi connectivity index (χ2n) is 5.38. The Hall–Kier alpha value is -0.580. The average Bonchev–Trinajstić information content (AvgIpc) is 2.86. The molecule has 1 N–H and O–H groups in total. The lowest BCUT2D eigenvalue weighted by Gasteiger charge is -2.16. The average molecular weight is 342 g/mol. The standard InChI is InChI=1S/C16H24BrNO2/c1-3-8-18-10-14-5-6-15(20-14)11-19-16-7-4-13(17)9-12(16)2/h4,7,9,14-15,18H,3,5-6,8,10-11H2,1-2H3. The summed E-state index contributed by atoms with van der Waals surface area (Å²) < 4.78 is 13.0. The van der Waals surface area contributed by atoms with E-state index in [1.165, 1.54) is 6.42 Å². The van der Waals surface area contributed by atoms with Crippen molar-refractivity contribution in [3.05, 3.63) is 28.2 Å². The Labute approximate surface area is 130 Å². The van der Waals surface area contributed by atoms with E-state index >= 15 is 0 Å². The van der Waals surface area contributed by atoms with Crippen molar-refractivity contribution in [2.24, 2.45) is 0 Å². The third kappa shape index (κ3) is 4.76. The van der Waals surface area contributed by atoms with Gasteiger partial charge in [-0.15, -0.1) is 0 Å². The van der Waals surface area contributed by atoms with Gasteiger partial charge in [0.15, 0.2) is 0 Å². The van der Waals surface area contributed by atoms with E-state index in [4.69, 9.17) is 9.47 Å². The molecule has 1 heterocycles. The number of rotatable bonds is 7. The van der Waals surface area contributed by atoms with Gasteiger partial charge in [-0.25, -0.2) is 0 Å². The zero-order valence-corrected chi connectivity index (χ0v) is 13.9. The Balaban J connectivity index is 1.72. The Morgan fingerprint density at radius 2 is 2.15 bits per heavy atom. The van der Waals surface area contributed by atoms with E-state index < -0.39 is 0 Å². The molecule has 20 heavy (non-hydrogen) atoms. The molecule has 1 aromatic rings. The molecule has 0 bridgehead atoms. The van der Waals surface area contributed by atoms with Crippen LogP contribution in [0.5, 0.6) is 5.75 Å². The first-order valence-corrected chi connectivity index (χ1v) is 8.23. The maximum atomic E-state index is 6.00. The second-order valence-corrected chi connectivity index (χ2v) is 6.30. The van der Waals surface area contributed by atoms with Crippen molar-refractivity contribution in [2.75, 3.05) is 19.7 Å². The summed E-state index contributed by atoms with van der Waals surface area (Å²) in [5.41, 5.74) is 1.15. The van der Waals surface area contributed by atoms with E-state index in [9.17, 15) is 0 Å². The van der Waals surface area contributed by atoms with Crippen LogP contribution in [0.4, 0.5) is 0 Å². The molecule has 1 aliphatic rings. The quantitative estimate of drug-likeness (QED) is 0.767. The highest BCUT2D eigenvalue weighted by Gasteiger charge is 2.25. The third-order valence-corrected chi connectivity index (χ3v) is 4.05. The number of benzene rings is 1. The monoisotopic (exact) mass is 341 g/mol. The Bertz CT molecular complexity index is 425. The number of aryl methyl sites for hydroxylation is 1. The van der Waals surface area contributed by atoms with Crippen molar-refractivity contribution >= 4 is 15.9 Å². The number of halogens is 1. The molecule has 0 spiro atoms. The highest BCUT2D eigenvalue weighted by atomic mass is 79.9. The van der Waals surface area contributed by atoms with Crippen LogP contribution in [0.2, 0.25) is 0 Å². The zero-order valence-electron chi connectivity index (χ0n) is 12.3. The van der Waals surface area contributed by atoms with Crippen LogP contribution in [0.3, 0.4) is 0 Å². The molecule has 0 aliphatic carbocycles. The van der Waals surface area contributed by atoms with Crippen LogP contribution >= 0.6 is 15.9 Å². The molecule has 2 rings (SSSR count). The van der Waals surface area contributed by atoms with E-state index in [-0.39, 0.29) is 6.10 Å². The molecule has 112 valence electrons. The van der Waals surface area contributed by atoms with E-state index in [2.05, 4.69) is 41.2 Å². The highest BCUT2D eigenvalue weighted by Crippen LogP contribution is 2.24. The molecule has 2 atom stereocenters. The molecular weight excluding hydrogens is 318 g/mol. The minimum Gasteiger partial charge on any atom is -0.491 e. The van der Waals surface area contributed by atoms with Gasteiger partial charge in [0.25, 0.3) is 0 Å². The highest BCUT2D eigenvalue weighted by molar-refractivity contribution is 9.10. The molecule has 1 aromatic carbocycles. The summed E-state index contributed by atoms with van der Waals surface area (Å²) in [6, 6.07) is 6.09. The first kappa shape index (κ1) is 15.8. The van der Waals surface area contributed by atoms with Gasteiger partial charge in [-0.05, 0) is 56.5 Å². The first-order valence-electron chi connectivity index (χ1n) is 7.44. The van der Waals surface area contributed by atoms with Gasteiger partial charge in [-0.3, -0.25) is 0 Å². The lowest BCUT2D eigenvalue weighted by atomic mass is 10.2. The van der Waals surface area contributed by atoms with Crippen LogP contribution in [0.15, 0.2) is 22.7 Å². The van der Waals surface area contributed by atoms with Gasteiger partial charge in [-0.2, -0.15) is 0 Å². The molecular formula is C16H24BrNO2. The summed E-state index contributed by atoms with van der Waals surface area (Å²) in [7, 11) is 0. The third-order valence-electron chi connectivity index (χ3n) is 3.56. The summed E-state index contributed by atoms with van der Waals surface area (Å²) in [5, 5.41) is 3.42. The van der Waals surface area contributed by atoms with E-state index in [1.807, 2.05) is 12.1 Å². The van der Waals surface area contributed by atoms with Crippen LogP contribution in [-0.2, 0) is 4.74 Å². The topological polar surface area (TPSA) is 30.5 Å². The van der Waals surface area contributed by atoms with Gasteiger partial charge in [0.05, 0.1) is 12.2 Å². The van der Waals surface area contributed by atoms with Gasteiger partial charge in [0.2, 0.25) is 0 Å². The Morgan fingerprint density at radius 3 is 2.90 bits per heavy atom. The van der Waals surface area contributed by atoms with Crippen LogP contribution < -0.4 is 10.1 Å². The fourth-order valence-corrected chi connectivity index (χ4v) is 2.93. The predicted molar refractivity (Wildman–Crippen MR) is 85.4 cm³/mol. The fraction of sp³-hybridized carbons (Fsp3) is 0.625. The SMILES string of the molecule is CCCNCC1CCC(COc2ccc(Br)cc2C)O1. The van der Waals surface area contributed by atoms with E-state index in [0.29, 0.717) is 12.7 Å². The van der Waals surface area contributed by atoms with Crippen molar-refractivity contribution in [1.29, 1.82) is 0 Å². The van der Waals surface area contributed by atoms with Crippen LogP contribution in [0.1, 0.15) is 31.7 Å². The molecule has 4 heteroatoms. The van der Waals surface area contributed by atoms with Gasteiger partial charge in [-0.1, -0.05) is 22.9 Å². The lowest BCUT2D eigenvalue weighted by Crippen LogP contribution is -2.28. The van der Waals surface area contributed by atoms with Gasteiger partial charge in [0.1, 0.15) is 12.4 Å². The molecule has 0 radical (unpaired) electrons. The largest absolute Gasteiger partial charge is 0.491 e. The maximum Gasteiger partial charge on any atom is 0.122 e. The summed E-state index contributed by atoms with van der Waals surface area (Å²) in [6.07, 6.45) is 3.97. The summed E-state index contributed by atoms with van der Waals surface area (Å²) in [6.45, 7) is 6.92. The van der Waals surface area contributed by atoms with Crippen LogP contribution in [0, 0.1) is 6.92 Å². The zero-order chi connectivity index (χ0) is 14.4. The smallest absolute Gasteiger partial charge is 0.122 e. The molecule has 1 aliphatic heterocycles. The summed E-state index contributed by atoms with van der Waals surface area (Å²) in [5.74, 6) is 0.948. The number of nitrogens with one attached hydrogen (secondary N) is 1. The minimum absolute atomic E-state index is 0.228. The van der Waals surface area contributed by atoms with Crippen molar-refractivity contribution in [2.45, 2.75) is 45.3 Å². The van der Waals surface area contributed by atoms with Crippen LogP contribution in [0.25, 0.3) is 0 Å². The van der Waals surface area contributed by atoms with E-state index in [0.717, 1.165) is 41.7 Å². The number of ether oxygens (including phenoxy) is 2. The van der Waals surface area contributed by atoms with Gasteiger partial charge in [0, 0.05) is 11.0 Å². The minimum atomic E-state index is 0.228. The second kappa shape index (κ2) is 8.01. The molecule has 2 unspecified atom stereocenters. The van der Waals surface area contributed by atoms with Crippen molar-refractivity contribution in [3.63, 3.8) is 0 Å². The van der Waals surface area contributed by atoms with Crippen molar-refractivity contribution in [3.8, 4) is 5.75 Å². The van der Waals surface area contributed by atoms with Gasteiger partial charge < -0.3 is 14.8 Å². The molecule has 1 fully saturated rings. The predicted octanol–water partition coefficient (Wildman–Crippen LogP) is 3.68. The lowest BCUT2D eigenvalue weighted by molar-refractivity contribution is 0.0185. The van der Waals surface area contributed by atoms with Crippen molar-refractivity contribution < 1.29 is 9.47 Å². The van der Waals surface area contributed by atoms with Crippen molar-refractivity contribution in [1.82, 2.24) is 5.32 Å². The molecule has 1 saturated heterocycles. The summed E-state index contributed by atoms with van der Waals surface area (Å²) in [4.78, 5) is 0. The number of hydrogen-bond acceptors (Lipinski definition) is 3. The molecule has 3 nitrogen and oxygen atoms in total. The maximum absolute atomic E-state index is 6.00. The molecule has 0 amide bonds. The molecule has 0 aromatic heterocycles. The van der Waals surface area contributed by atoms with Gasteiger partial charge >= 0.3 is 0 Å². The Morgan fingerprint density at radius 1 is 1.35 bits per heavy atom. The fourth-order valence-electron chi connectivity index (χ4n) is 2.45. The Kier molecular flexibility index (Phi) is 6.33. The van der Waals surface area contributed by atoms with Crippen LogP contribution in [-0.4, -0.2) is 31.9 Å². The molecule has 0 saturated carbocycles. The summed E-state index contributed by atoms with van der Waals surface area (Å²) >= 11 is 3.46. The number of hydrogen-bond donors (Lipinski definition) is 1.